The first-order valence-electron chi connectivity index (χ1n) is 5.03. The minimum absolute atomic E-state index is 0.0425. The van der Waals surface area contributed by atoms with Crippen molar-refractivity contribution in [3.8, 4) is 5.75 Å². The number of phenols is 1. The molecule has 0 radical (unpaired) electrons. The normalized spacial score (nSPS) is 12.1. The van der Waals surface area contributed by atoms with Gasteiger partial charge in [0.25, 0.3) is 0 Å². The number of hydrogen-bond donors (Lipinski definition) is 2. The van der Waals surface area contributed by atoms with Crippen LogP contribution in [0.5, 0.6) is 5.75 Å². The molecule has 90 valence electrons. The molecule has 0 aliphatic heterocycles. The molecule has 0 aliphatic carbocycles. The zero-order valence-electron chi connectivity index (χ0n) is 9.69. The molecule has 0 amide bonds. The minimum atomic E-state index is -3.43. The van der Waals surface area contributed by atoms with Gasteiger partial charge in [-0.3, -0.25) is 0 Å². The second kappa shape index (κ2) is 4.43. The molecule has 0 saturated heterocycles. The summed E-state index contributed by atoms with van der Waals surface area (Å²) in [6.07, 6.45) is 1.08. The Kier molecular flexibility index (Phi) is 3.60. The standard InChI is InChI=1S/C11H17NO3S/c1-7(2)8-4-9(6-12)11(13)10(5-8)16(3,14)15/h4-5,7,13H,6,12H2,1-3H3. The Morgan fingerprint density at radius 3 is 2.31 bits per heavy atom. The highest BCUT2D eigenvalue weighted by atomic mass is 32.2. The second-order valence-electron chi connectivity index (χ2n) is 4.16. The van der Waals surface area contributed by atoms with Crippen LogP contribution in [-0.2, 0) is 16.4 Å². The van der Waals surface area contributed by atoms with E-state index >= 15 is 0 Å². The number of hydrogen-bond acceptors (Lipinski definition) is 4. The van der Waals surface area contributed by atoms with Crippen molar-refractivity contribution in [1.29, 1.82) is 0 Å². The Bertz CT molecular complexity index is 492. The molecule has 1 aromatic carbocycles. The summed E-state index contributed by atoms with van der Waals surface area (Å²) in [5.41, 5.74) is 6.80. The van der Waals surface area contributed by atoms with Crippen LogP contribution in [-0.4, -0.2) is 19.8 Å². The molecule has 0 unspecified atom stereocenters. The Labute approximate surface area is 96.0 Å². The van der Waals surface area contributed by atoms with Gasteiger partial charge in [0.1, 0.15) is 10.6 Å². The number of aromatic hydroxyl groups is 1. The number of sulfone groups is 1. The Morgan fingerprint density at radius 2 is 1.94 bits per heavy atom. The summed E-state index contributed by atoms with van der Waals surface area (Å²) in [5, 5.41) is 9.77. The van der Waals surface area contributed by atoms with E-state index in [4.69, 9.17) is 5.73 Å². The zero-order chi connectivity index (χ0) is 12.5. The van der Waals surface area contributed by atoms with E-state index in [0.717, 1.165) is 11.8 Å². The van der Waals surface area contributed by atoms with Crippen molar-refractivity contribution in [2.24, 2.45) is 5.73 Å². The van der Waals surface area contributed by atoms with Crippen LogP contribution in [0.2, 0.25) is 0 Å². The van der Waals surface area contributed by atoms with Gasteiger partial charge in [-0.05, 0) is 17.5 Å². The largest absolute Gasteiger partial charge is 0.506 e. The van der Waals surface area contributed by atoms with Crippen molar-refractivity contribution >= 4 is 9.84 Å². The minimum Gasteiger partial charge on any atom is -0.506 e. The van der Waals surface area contributed by atoms with Gasteiger partial charge in [-0.15, -0.1) is 0 Å². The number of phenolic OH excluding ortho intramolecular Hbond substituents is 1. The SMILES string of the molecule is CC(C)c1cc(CN)c(O)c(S(C)(=O)=O)c1. The highest BCUT2D eigenvalue weighted by molar-refractivity contribution is 7.90. The molecule has 5 heteroatoms. The summed E-state index contributed by atoms with van der Waals surface area (Å²) in [7, 11) is -3.43. The van der Waals surface area contributed by atoms with Crippen LogP contribution in [0.1, 0.15) is 30.9 Å². The van der Waals surface area contributed by atoms with Crippen LogP contribution in [0.3, 0.4) is 0 Å². The van der Waals surface area contributed by atoms with E-state index in [1.807, 2.05) is 13.8 Å². The zero-order valence-corrected chi connectivity index (χ0v) is 10.5. The third-order valence-corrected chi connectivity index (χ3v) is 3.57. The lowest BCUT2D eigenvalue weighted by molar-refractivity contribution is 0.451. The van der Waals surface area contributed by atoms with Gasteiger partial charge in [0, 0.05) is 18.4 Å². The fraction of sp³-hybridized carbons (Fsp3) is 0.455. The molecule has 0 heterocycles. The van der Waals surface area contributed by atoms with Gasteiger partial charge >= 0.3 is 0 Å². The average molecular weight is 243 g/mol. The molecule has 0 fully saturated rings. The smallest absolute Gasteiger partial charge is 0.179 e. The van der Waals surface area contributed by atoms with Crippen LogP contribution >= 0.6 is 0 Å². The van der Waals surface area contributed by atoms with Crippen LogP contribution in [0.15, 0.2) is 17.0 Å². The van der Waals surface area contributed by atoms with Gasteiger partial charge in [0.2, 0.25) is 0 Å². The van der Waals surface area contributed by atoms with Crippen molar-refractivity contribution in [2.75, 3.05) is 6.26 Å². The molecule has 0 saturated carbocycles. The molecular formula is C11H17NO3S. The molecule has 0 aliphatic rings. The molecule has 1 rings (SSSR count). The van der Waals surface area contributed by atoms with E-state index in [9.17, 15) is 13.5 Å². The maximum Gasteiger partial charge on any atom is 0.179 e. The highest BCUT2D eigenvalue weighted by Gasteiger charge is 2.18. The van der Waals surface area contributed by atoms with Gasteiger partial charge in [-0.25, -0.2) is 8.42 Å². The predicted octanol–water partition coefficient (Wildman–Crippen LogP) is 1.38. The maximum atomic E-state index is 11.5. The third kappa shape index (κ3) is 2.54. The van der Waals surface area contributed by atoms with Gasteiger partial charge in [0.15, 0.2) is 9.84 Å². The maximum absolute atomic E-state index is 11.5. The highest BCUT2D eigenvalue weighted by Crippen LogP contribution is 2.31. The lowest BCUT2D eigenvalue weighted by Gasteiger charge is -2.13. The van der Waals surface area contributed by atoms with Crippen molar-refractivity contribution in [3.05, 3.63) is 23.3 Å². The molecule has 0 aromatic heterocycles. The van der Waals surface area contributed by atoms with Crippen molar-refractivity contribution < 1.29 is 13.5 Å². The number of nitrogens with two attached hydrogens (primary N) is 1. The topological polar surface area (TPSA) is 80.4 Å². The summed E-state index contributed by atoms with van der Waals surface area (Å²) in [4.78, 5) is -0.0425. The van der Waals surface area contributed by atoms with Gasteiger partial charge < -0.3 is 10.8 Å². The van der Waals surface area contributed by atoms with Gasteiger partial charge in [-0.1, -0.05) is 19.9 Å². The first kappa shape index (κ1) is 13.0. The number of benzene rings is 1. The van der Waals surface area contributed by atoms with Crippen LogP contribution in [0.4, 0.5) is 0 Å². The molecular weight excluding hydrogens is 226 g/mol. The molecule has 0 atom stereocenters. The van der Waals surface area contributed by atoms with Crippen molar-refractivity contribution in [2.45, 2.75) is 31.2 Å². The Balaban J connectivity index is 3.55. The first-order valence-corrected chi connectivity index (χ1v) is 6.92. The van der Waals surface area contributed by atoms with Crippen molar-refractivity contribution in [1.82, 2.24) is 0 Å². The van der Waals surface area contributed by atoms with Crippen LogP contribution < -0.4 is 5.73 Å². The molecule has 1 aromatic rings. The van der Waals surface area contributed by atoms with E-state index in [1.54, 1.807) is 6.07 Å². The fourth-order valence-electron chi connectivity index (χ4n) is 1.46. The molecule has 16 heavy (non-hydrogen) atoms. The monoisotopic (exact) mass is 243 g/mol. The summed E-state index contributed by atoms with van der Waals surface area (Å²) < 4.78 is 23.0. The summed E-state index contributed by atoms with van der Waals surface area (Å²) >= 11 is 0. The molecule has 0 spiro atoms. The summed E-state index contributed by atoms with van der Waals surface area (Å²) in [6, 6.07) is 3.25. The Hall–Kier alpha value is -1.07. The Morgan fingerprint density at radius 1 is 1.38 bits per heavy atom. The molecule has 3 N–H and O–H groups in total. The van der Waals surface area contributed by atoms with Gasteiger partial charge in [0.05, 0.1) is 0 Å². The molecule has 0 bridgehead atoms. The lowest BCUT2D eigenvalue weighted by Crippen LogP contribution is -2.05. The van der Waals surface area contributed by atoms with Crippen molar-refractivity contribution in [3.63, 3.8) is 0 Å². The number of rotatable bonds is 3. The fourth-order valence-corrected chi connectivity index (χ4v) is 2.29. The van der Waals surface area contributed by atoms with Crippen LogP contribution in [0, 0.1) is 0 Å². The quantitative estimate of drug-likeness (QED) is 0.840. The lowest BCUT2D eigenvalue weighted by atomic mass is 10.0. The van der Waals surface area contributed by atoms with Crippen LogP contribution in [0.25, 0.3) is 0 Å². The van der Waals surface area contributed by atoms with E-state index in [0.29, 0.717) is 5.56 Å². The van der Waals surface area contributed by atoms with E-state index in [2.05, 4.69) is 0 Å². The third-order valence-electron chi connectivity index (χ3n) is 2.46. The average Bonchev–Trinajstić information content (AvgIpc) is 2.15. The van der Waals surface area contributed by atoms with Gasteiger partial charge in [-0.2, -0.15) is 0 Å². The summed E-state index contributed by atoms with van der Waals surface area (Å²) in [5.74, 6) is -0.0409. The van der Waals surface area contributed by atoms with E-state index in [-0.39, 0.29) is 23.1 Å². The second-order valence-corrected chi connectivity index (χ2v) is 6.14. The molecule has 4 nitrogen and oxygen atoms in total. The predicted molar refractivity (Wildman–Crippen MR) is 63.2 cm³/mol. The summed E-state index contributed by atoms with van der Waals surface area (Å²) in [6.45, 7) is 4.03. The van der Waals surface area contributed by atoms with E-state index in [1.165, 1.54) is 6.07 Å². The first-order chi connectivity index (χ1) is 7.27. The van der Waals surface area contributed by atoms with E-state index < -0.39 is 9.84 Å².